The lowest BCUT2D eigenvalue weighted by Gasteiger charge is -2.18. The Kier molecular flexibility index (Phi) is 9.29. The highest BCUT2D eigenvalue weighted by molar-refractivity contribution is 9.10. The van der Waals surface area contributed by atoms with E-state index in [1.165, 1.54) is 18.9 Å². The number of methoxy groups -OCH3 is 2. The van der Waals surface area contributed by atoms with Crippen molar-refractivity contribution in [3.05, 3.63) is 96.7 Å². The van der Waals surface area contributed by atoms with Gasteiger partial charge >= 0.3 is 0 Å². The molecule has 198 valence electrons. The van der Waals surface area contributed by atoms with Crippen LogP contribution in [0.25, 0.3) is 5.69 Å². The van der Waals surface area contributed by atoms with Gasteiger partial charge in [0.1, 0.15) is 23.4 Å². The number of aryl methyl sites for hydroxylation is 1. The molecule has 4 rings (SSSR count). The second-order valence-electron chi connectivity index (χ2n) is 8.13. The first-order valence-electron chi connectivity index (χ1n) is 11.4. The van der Waals surface area contributed by atoms with Gasteiger partial charge in [0.2, 0.25) is 6.54 Å². The third kappa shape index (κ3) is 6.66. The lowest BCUT2D eigenvalue weighted by molar-refractivity contribution is -0.479. The molecular weight excluding hydrogens is 640 g/mol. The predicted molar refractivity (Wildman–Crippen MR) is 152 cm³/mol. The average Bonchev–Trinajstić information content (AvgIpc) is 3.27. The number of benzene rings is 3. The number of rotatable bonds is 11. The summed E-state index contributed by atoms with van der Waals surface area (Å²) >= 11 is 8.27. The molecule has 4 aromatic rings. The minimum atomic E-state index is -0.573. The van der Waals surface area contributed by atoms with Crippen molar-refractivity contribution in [2.75, 3.05) is 20.8 Å². The second kappa shape index (κ2) is 12.6. The van der Waals surface area contributed by atoms with E-state index in [0.29, 0.717) is 39.1 Å². The SMILES string of the molecule is COc1ccc(-n2c(C)nnc2S[C@@H](C[N+](=O)[O-])c2cc(Br)c(OCc3ccc(Br)cc3)c(OC)c2)cc1. The topological polar surface area (TPSA) is 102 Å². The van der Waals surface area contributed by atoms with Crippen LogP contribution in [-0.2, 0) is 6.61 Å². The molecule has 0 aliphatic carbocycles. The first-order chi connectivity index (χ1) is 18.3. The van der Waals surface area contributed by atoms with Crippen molar-refractivity contribution in [1.82, 2.24) is 14.8 Å². The minimum absolute atomic E-state index is 0.326. The number of ether oxygens (including phenoxy) is 3. The van der Waals surface area contributed by atoms with Gasteiger partial charge in [-0.05, 0) is 82.5 Å². The fourth-order valence-electron chi connectivity index (χ4n) is 3.72. The zero-order valence-corrected chi connectivity index (χ0v) is 24.7. The molecule has 0 saturated heterocycles. The minimum Gasteiger partial charge on any atom is -0.497 e. The summed E-state index contributed by atoms with van der Waals surface area (Å²) in [7, 11) is 3.14. The molecule has 0 fully saturated rings. The number of hydrogen-bond acceptors (Lipinski definition) is 8. The van der Waals surface area contributed by atoms with Gasteiger partial charge in [-0.3, -0.25) is 14.7 Å². The molecule has 1 atom stereocenters. The van der Waals surface area contributed by atoms with Gasteiger partial charge in [0.25, 0.3) is 0 Å². The van der Waals surface area contributed by atoms with Crippen LogP contribution in [0.5, 0.6) is 17.2 Å². The van der Waals surface area contributed by atoms with Crippen LogP contribution in [0, 0.1) is 17.0 Å². The van der Waals surface area contributed by atoms with E-state index in [4.69, 9.17) is 14.2 Å². The molecule has 1 heterocycles. The van der Waals surface area contributed by atoms with E-state index in [2.05, 4.69) is 42.1 Å². The Morgan fingerprint density at radius 2 is 1.74 bits per heavy atom. The summed E-state index contributed by atoms with van der Waals surface area (Å²) < 4.78 is 20.4. The van der Waals surface area contributed by atoms with Crippen LogP contribution in [0.15, 0.2) is 74.8 Å². The molecule has 12 heteroatoms. The summed E-state index contributed by atoms with van der Waals surface area (Å²) in [6.45, 7) is 1.84. The molecule has 0 amide bonds. The summed E-state index contributed by atoms with van der Waals surface area (Å²) in [5.41, 5.74) is 2.50. The highest BCUT2D eigenvalue weighted by Crippen LogP contribution is 2.43. The monoisotopic (exact) mass is 662 g/mol. The fraction of sp³-hybridized carbons (Fsp3) is 0.231. The van der Waals surface area contributed by atoms with Crippen molar-refractivity contribution in [3.8, 4) is 22.9 Å². The Labute approximate surface area is 240 Å². The highest BCUT2D eigenvalue weighted by atomic mass is 79.9. The van der Waals surface area contributed by atoms with Crippen LogP contribution in [0.2, 0.25) is 0 Å². The van der Waals surface area contributed by atoms with Crippen molar-refractivity contribution < 1.29 is 19.1 Å². The smallest absolute Gasteiger partial charge is 0.220 e. The molecule has 3 aromatic carbocycles. The number of hydrogen-bond donors (Lipinski definition) is 0. The Morgan fingerprint density at radius 3 is 2.37 bits per heavy atom. The van der Waals surface area contributed by atoms with Gasteiger partial charge in [0, 0.05) is 15.1 Å². The zero-order chi connectivity index (χ0) is 27.2. The van der Waals surface area contributed by atoms with Gasteiger partial charge < -0.3 is 14.2 Å². The van der Waals surface area contributed by atoms with Crippen molar-refractivity contribution in [2.45, 2.75) is 23.9 Å². The summed E-state index contributed by atoms with van der Waals surface area (Å²) in [6.07, 6.45) is 0. The van der Waals surface area contributed by atoms with Gasteiger partial charge in [-0.2, -0.15) is 0 Å². The molecule has 0 saturated carbocycles. The predicted octanol–water partition coefficient (Wildman–Crippen LogP) is 6.81. The van der Waals surface area contributed by atoms with E-state index in [9.17, 15) is 10.1 Å². The fourth-order valence-corrected chi connectivity index (χ4v) is 5.72. The lowest BCUT2D eigenvalue weighted by Crippen LogP contribution is -2.12. The van der Waals surface area contributed by atoms with Crippen LogP contribution in [0.3, 0.4) is 0 Å². The maximum atomic E-state index is 11.7. The largest absolute Gasteiger partial charge is 0.497 e. The van der Waals surface area contributed by atoms with Gasteiger partial charge in [-0.15, -0.1) is 10.2 Å². The molecule has 0 bridgehead atoms. The van der Waals surface area contributed by atoms with E-state index in [-0.39, 0.29) is 11.5 Å². The molecular formula is C26H24Br2N4O5S. The number of nitro groups is 1. The normalized spacial score (nSPS) is 11.7. The van der Waals surface area contributed by atoms with Crippen LogP contribution in [-0.4, -0.2) is 40.5 Å². The summed E-state index contributed by atoms with van der Waals surface area (Å²) in [4.78, 5) is 11.3. The number of aromatic nitrogens is 3. The molecule has 0 N–H and O–H groups in total. The van der Waals surface area contributed by atoms with E-state index >= 15 is 0 Å². The second-order valence-corrected chi connectivity index (χ2v) is 11.1. The van der Waals surface area contributed by atoms with Crippen molar-refractivity contribution in [2.24, 2.45) is 0 Å². The van der Waals surface area contributed by atoms with Crippen molar-refractivity contribution in [1.29, 1.82) is 0 Å². The van der Waals surface area contributed by atoms with Gasteiger partial charge in [0.05, 0.1) is 18.7 Å². The number of nitrogens with zero attached hydrogens (tertiary/aromatic N) is 4. The Balaban J connectivity index is 1.64. The molecule has 1 aromatic heterocycles. The Hall–Kier alpha value is -3.09. The first-order valence-corrected chi connectivity index (χ1v) is 13.8. The van der Waals surface area contributed by atoms with E-state index in [1.807, 2.05) is 66.1 Å². The summed E-state index contributed by atoms with van der Waals surface area (Å²) in [5.74, 6) is 2.36. The summed E-state index contributed by atoms with van der Waals surface area (Å²) in [6, 6.07) is 18.9. The van der Waals surface area contributed by atoms with Gasteiger partial charge in [-0.1, -0.05) is 39.8 Å². The van der Waals surface area contributed by atoms with Crippen LogP contribution < -0.4 is 14.2 Å². The molecule has 0 aliphatic rings. The summed E-state index contributed by atoms with van der Waals surface area (Å²) in [5, 5.41) is 20.1. The van der Waals surface area contributed by atoms with Gasteiger partial charge in [0.15, 0.2) is 16.7 Å². The maximum absolute atomic E-state index is 11.7. The molecule has 0 unspecified atom stereocenters. The van der Waals surface area contributed by atoms with Crippen molar-refractivity contribution >= 4 is 43.6 Å². The van der Waals surface area contributed by atoms with E-state index in [0.717, 1.165) is 21.5 Å². The Bertz CT molecular complexity index is 1410. The highest BCUT2D eigenvalue weighted by Gasteiger charge is 2.26. The molecule has 0 aliphatic heterocycles. The first kappa shape index (κ1) is 27.9. The van der Waals surface area contributed by atoms with E-state index in [1.54, 1.807) is 13.2 Å². The zero-order valence-electron chi connectivity index (χ0n) is 20.8. The third-order valence-corrected chi connectivity index (χ3v) is 7.91. The standard InChI is InChI=1S/C26H24Br2N4O5S/c1-16-29-30-26(32(16)20-8-10-21(35-2)11-9-20)38-24(14-31(33)34)18-12-22(28)25(23(13-18)36-3)37-15-17-4-6-19(27)7-5-17/h4-13,24H,14-15H2,1-3H3/t24-/m0/s1. The van der Waals surface area contributed by atoms with Crippen LogP contribution in [0.4, 0.5) is 0 Å². The van der Waals surface area contributed by atoms with E-state index < -0.39 is 5.25 Å². The molecule has 38 heavy (non-hydrogen) atoms. The third-order valence-electron chi connectivity index (χ3n) is 5.61. The number of halogens is 2. The quantitative estimate of drug-likeness (QED) is 0.0980. The molecule has 0 radical (unpaired) electrons. The maximum Gasteiger partial charge on any atom is 0.220 e. The lowest BCUT2D eigenvalue weighted by atomic mass is 10.1. The molecule has 9 nitrogen and oxygen atoms in total. The van der Waals surface area contributed by atoms with Crippen LogP contribution in [0.1, 0.15) is 22.2 Å². The van der Waals surface area contributed by atoms with Crippen LogP contribution >= 0.6 is 43.6 Å². The average molecular weight is 664 g/mol. The van der Waals surface area contributed by atoms with Crippen molar-refractivity contribution in [3.63, 3.8) is 0 Å². The van der Waals surface area contributed by atoms with Gasteiger partial charge in [-0.25, -0.2) is 0 Å². The molecule has 0 spiro atoms. The Morgan fingerprint density at radius 1 is 1.03 bits per heavy atom. The number of thioether (sulfide) groups is 1.